The Morgan fingerprint density at radius 2 is 1.04 bits per heavy atom. The molecule has 0 aliphatic rings. The fraction of sp³-hybridized carbons (Fsp3) is 1.00. The van der Waals surface area contributed by atoms with Crippen molar-refractivity contribution in [2.75, 3.05) is 0 Å². The SMILES string of the molecule is CCCCCCCCCC(CCCCC(O)CCCCC)S(=O)(=O)[O-].[K+]. The third-order valence-electron chi connectivity index (χ3n) is 4.99. The molecule has 0 rings (SSSR count). The fourth-order valence-corrected chi connectivity index (χ4v) is 4.20. The van der Waals surface area contributed by atoms with Crippen molar-refractivity contribution in [1.29, 1.82) is 0 Å². The van der Waals surface area contributed by atoms with Gasteiger partial charge in [-0.2, -0.15) is 0 Å². The molecule has 0 bridgehead atoms. The monoisotopic (exact) mass is 416 g/mol. The quantitative estimate of drug-likeness (QED) is 0.212. The Hall–Kier alpha value is 1.51. The maximum atomic E-state index is 11.4. The normalized spacial score (nSPS) is 14.0. The summed E-state index contributed by atoms with van der Waals surface area (Å²) in [5.41, 5.74) is 0. The molecule has 0 saturated heterocycles. The number of unbranched alkanes of at least 4 members (excludes halogenated alkanes) is 9. The zero-order valence-corrected chi connectivity index (χ0v) is 21.5. The summed E-state index contributed by atoms with van der Waals surface area (Å²) in [6.07, 6.45) is 15.0. The third kappa shape index (κ3) is 18.9. The number of hydrogen-bond donors (Lipinski definition) is 1. The van der Waals surface area contributed by atoms with Gasteiger partial charge >= 0.3 is 51.4 Å². The van der Waals surface area contributed by atoms with E-state index in [1.54, 1.807) is 0 Å². The summed E-state index contributed by atoms with van der Waals surface area (Å²) in [4.78, 5) is 0. The van der Waals surface area contributed by atoms with Crippen LogP contribution in [0.2, 0.25) is 0 Å². The summed E-state index contributed by atoms with van der Waals surface area (Å²) in [6.45, 7) is 4.33. The molecule has 0 fully saturated rings. The van der Waals surface area contributed by atoms with E-state index in [1.165, 1.54) is 25.7 Å². The molecule has 0 aromatic carbocycles. The first-order valence-corrected chi connectivity index (χ1v) is 12.0. The van der Waals surface area contributed by atoms with E-state index in [1.807, 2.05) is 0 Å². The van der Waals surface area contributed by atoms with E-state index in [-0.39, 0.29) is 57.5 Å². The van der Waals surface area contributed by atoms with Gasteiger partial charge in [0.05, 0.1) is 16.2 Å². The van der Waals surface area contributed by atoms with E-state index in [9.17, 15) is 18.1 Å². The second-order valence-corrected chi connectivity index (χ2v) is 9.11. The summed E-state index contributed by atoms with van der Waals surface area (Å²) in [7, 11) is -4.20. The van der Waals surface area contributed by atoms with Gasteiger partial charge in [0.25, 0.3) is 0 Å². The largest absolute Gasteiger partial charge is 1.00 e. The minimum atomic E-state index is -4.20. The summed E-state index contributed by atoms with van der Waals surface area (Å²) >= 11 is 0. The van der Waals surface area contributed by atoms with Crippen LogP contribution >= 0.6 is 0 Å². The van der Waals surface area contributed by atoms with Crippen LogP contribution in [0.25, 0.3) is 0 Å². The molecule has 0 aromatic heterocycles. The van der Waals surface area contributed by atoms with Gasteiger partial charge in [-0.3, -0.25) is 0 Å². The van der Waals surface area contributed by atoms with E-state index in [0.717, 1.165) is 51.4 Å². The first-order chi connectivity index (χ1) is 11.9. The average molecular weight is 417 g/mol. The molecule has 0 radical (unpaired) electrons. The number of hydrogen-bond acceptors (Lipinski definition) is 4. The number of aliphatic hydroxyl groups is 1. The standard InChI is InChI=1S/C20H42O4S.K/c1-3-5-7-8-9-10-12-17-20(25(22,23)24)18-14-13-16-19(21)15-11-6-4-2;/h19-21H,3-18H2,1-2H3,(H,22,23,24);/q;+1/p-1. The van der Waals surface area contributed by atoms with Gasteiger partial charge in [0.2, 0.25) is 0 Å². The van der Waals surface area contributed by atoms with Crippen LogP contribution in [0.5, 0.6) is 0 Å². The number of aliphatic hydroxyl groups excluding tert-OH is 1. The Morgan fingerprint density at radius 3 is 1.54 bits per heavy atom. The van der Waals surface area contributed by atoms with Crippen LogP contribution in [0.1, 0.15) is 117 Å². The molecule has 4 nitrogen and oxygen atoms in total. The van der Waals surface area contributed by atoms with Crippen LogP contribution in [-0.4, -0.2) is 29.4 Å². The molecule has 2 unspecified atom stereocenters. The summed E-state index contributed by atoms with van der Waals surface area (Å²) < 4.78 is 34.3. The van der Waals surface area contributed by atoms with E-state index >= 15 is 0 Å². The fourth-order valence-electron chi connectivity index (χ4n) is 3.29. The van der Waals surface area contributed by atoms with Gasteiger partial charge in [0.15, 0.2) is 0 Å². The molecule has 1 N–H and O–H groups in total. The Labute approximate surface area is 205 Å². The van der Waals surface area contributed by atoms with Crippen molar-refractivity contribution in [2.24, 2.45) is 0 Å². The van der Waals surface area contributed by atoms with E-state index in [0.29, 0.717) is 25.7 Å². The minimum absolute atomic E-state index is 0. The Balaban J connectivity index is 0. The van der Waals surface area contributed by atoms with Crippen LogP contribution < -0.4 is 51.4 Å². The summed E-state index contributed by atoms with van der Waals surface area (Å²) in [5.74, 6) is 0. The van der Waals surface area contributed by atoms with Crippen LogP contribution in [-0.2, 0) is 10.1 Å². The second kappa shape index (κ2) is 19.8. The van der Waals surface area contributed by atoms with Gasteiger partial charge < -0.3 is 9.66 Å². The Kier molecular flexibility index (Phi) is 22.6. The van der Waals surface area contributed by atoms with Crippen molar-refractivity contribution in [1.82, 2.24) is 0 Å². The van der Waals surface area contributed by atoms with Crippen molar-refractivity contribution in [3.05, 3.63) is 0 Å². The molecule has 26 heavy (non-hydrogen) atoms. The molecule has 0 saturated carbocycles. The van der Waals surface area contributed by atoms with Crippen molar-refractivity contribution in [2.45, 2.75) is 128 Å². The van der Waals surface area contributed by atoms with Crippen LogP contribution in [0.15, 0.2) is 0 Å². The predicted octanol–water partition coefficient (Wildman–Crippen LogP) is 2.55. The average Bonchev–Trinajstić information content (AvgIpc) is 2.55. The zero-order chi connectivity index (χ0) is 19.0. The first kappa shape index (κ1) is 29.7. The van der Waals surface area contributed by atoms with Crippen LogP contribution in [0.4, 0.5) is 0 Å². The maximum absolute atomic E-state index is 11.4. The third-order valence-corrected chi connectivity index (χ3v) is 6.28. The topological polar surface area (TPSA) is 77.4 Å². The van der Waals surface area contributed by atoms with Gasteiger partial charge in [0.1, 0.15) is 0 Å². The van der Waals surface area contributed by atoms with E-state index in [2.05, 4.69) is 13.8 Å². The molecule has 0 amide bonds. The molecule has 6 heteroatoms. The van der Waals surface area contributed by atoms with E-state index < -0.39 is 15.4 Å². The first-order valence-electron chi connectivity index (χ1n) is 10.5. The smallest absolute Gasteiger partial charge is 0.748 e. The molecule has 0 aromatic rings. The van der Waals surface area contributed by atoms with Gasteiger partial charge in [-0.15, -0.1) is 0 Å². The predicted molar refractivity (Wildman–Crippen MR) is 105 cm³/mol. The summed E-state index contributed by atoms with van der Waals surface area (Å²) in [6, 6.07) is 0. The molecule has 0 aliphatic heterocycles. The van der Waals surface area contributed by atoms with Gasteiger partial charge in [0, 0.05) is 5.25 Å². The zero-order valence-electron chi connectivity index (χ0n) is 17.5. The van der Waals surface area contributed by atoms with Crippen LogP contribution in [0.3, 0.4) is 0 Å². The van der Waals surface area contributed by atoms with Crippen molar-refractivity contribution >= 4 is 10.1 Å². The molecule has 0 spiro atoms. The van der Waals surface area contributed by atoms with E-state index in [4.69, 9.17) is 0 Å². The molecular weight excluding hydrogens is 375 g/mol. The Bertz CT molecular complexity index is 387. The maximum Gasteiger partial charge on any atom is 1.00 e. The molecule has 0 aliphatic carbocycles. The molecular formula is C20H41KO4S. The molecule has 152 valence electrons. The number of rotatable bonds is 18. The van der Waals surface area contributed by atoms with Crippen LogP contribution in [0, 0.1) is 0 Å². The van der Waals surface area contributed by atoms with Gasteiger partial charge in [-0.05, 0) is 25.7 Å². The van der Waals surface area contributed by atoms with Crippen molar-refractivity contribution < 1.29 is 69.5 Å². The van der Waals surface area contributed by atoms with Gasteiger partial charge in [-0.1, -0.05) is 90.9 Å². The van der Waals surface area contributed by atoms with Crippen molar-refractivity contribution in [3.63, 3.8) is 0 Å². The van der Waals surface area contributed by atoms with Gasteiger partial charge in [-0.25, -0.2) is 8.42 Å². The summed E-state index contributed by atoms with van der Waals surface area (Å²) in [5, 5.41) is 9.15. The molecule has 0 heterocycles. The van der Waals surface area contributed by atoms with Crippen molar-refractivity contribution in [3.8, 4) is 0 Å². The minimum Gasteiger partial charge on any atom is -0.748 e. The second-order valence-electron chi connectivity index (χ2n) is 7.46. The molecule has 2 atom stereocenters. The Morgan fingerprint density at radius 1 is 0.692 bits per heavy atom.